The molecule has 1 aromatic carbocycles. The van der Waals surface area contributed by atoms with Crippen molar-refractivity contribution in [3.63, 3.8) is 0 Å². The van der Waals surface area contributed by atoms with Crippen LogP contribution in [0.4, 0.5) is 0 Å². The molecular formula is C14H16BrNO2. The van der Waals surface area contributed by atoms with Crippen LogP contribution in [-0.2, 0) is 4.74 Å². The third-order valence-corrected chi connectivity index (χ3v) is 3.32. The molecule has 0 amide bonds. The molecule has 0 unspecified atom stereocenters. The Morgan fingerprint density at radius 1 is 1.44 bits per heavy atom. The Balaban J connectivity index is 3.19. The van der Waals surface area contributed by atoms with Crippen molar-refractivity contribution in [3.05, 3.63) is 39.8 Å². The minimum Gasteiger partial charge on any atom is -0.500 e. The van der Waals surface area contributed by atoms with Crippen LogP contribution in [0.15, 0.2) is 28.6 Å². The first kappa shape index (κ1) is 14.6. The van der Waals surface area contributed by atoms with Crippen LogP contribution in [-0.4, -0.2) is 7.11 Å². The zero-order chi connectivity index (χ0) is 13.7. The number of rotatable bonds is 4. The van der Waals surface area contributed by atoms with Gasteiger partial charge in [-0.25, -0.2) is 0 Å². The van der Waals surface area contributed by atoms with Gasteiger partial charge in [0.25, 0.3) is 0 Å². The molecule has 0 bridgehead atoms. The molecule has 96 valence electrons. The number of allylic oxidation sites excluding steroid dienone is 1. The Labute approximate surface area is 116 Å². The smallest absolute Gasteiger partial charge is 0.238 e. The van der Waals surface area contributed by atoms with Crippen LogP contribution in [0.3, 0.4) is 0 Å². The fraction of sp³-hybridized carbons (Fsp3) is 0.357. The lowest BCUT2D eigenvalue weighted by Crippen LogP contribution is -2.00. The van der Waals surface area contributed by atoms with Gasteiger partial charge in [-0.3, -0.25) is 0 Å². The van der Waals surface area contributed by atoms with Gasteiger partial charge in [-0.05, 0) is 30.0 Å². The Kier molecular flexibility index (Phi) is 5.24. The lowest BCUT2D eigenvalue weighted by Gasteiger charge is -2.15. The van der Waals surface area contributed by atoms with E-state index in [1.165, 1.54) is 13.4 Å². The molecule has 0 fully saturated rings. The predicted octanol–water partition coefficient (Wildman–Crippen LogP) is 4.27. The third kappa shape index (κ3) is 3.51. The van der Waals surface area contributed by atoms with Crippen LogP contribution in [0, 0.1) is 18.3 Å². The highest BCUT2D eigenvalue weighted by Gasteiger charge is 2.12. The number of ether oxygens (including phenoxy) is 2. The molecule has 1 rings (SSSR count). The van der Waals surface area contributed by atoms with Crippen molar-refractivity contribution < 1.29 is 9.47 Å². The van der Waals surface area contributed by atoms with Crippen molar-refractivity contribution >= 4 is 15.9 Å². The normalized spacial score (nSPS) is 11.3. The molecule has 0 spiro atoms. The van der Waals surface area contributed by atoms with Crippen molar-refractivity contribution in [1.82, 2.24) is 0 Å². The summed E-state index contributed by atoms with van der Waals surface area (Å²) in [5.74, 6) is 1.12. The summed E-state index contributed by atoms with van der Waals surface area (Å²) in [6.45, 7) is 6.19. The number of halogens is 1. The standard InChI is InChI=1S/C14H16BrNO2/c1-9(2)12-5-10(3)13(15)6-14(12)18-11(7-16)8-17-4/h5-6,8-9H,1-4H3/b11-8+. The average Bonchev–Trinajstić information content (AvgIpc) is 2.32. The van der Waals surface area contributed by atoms with E-state index in [9.17, 15) is 0 Å². The maximum Gasteiger partial charge on any atom is 0.238 e. The number of nitriles is 1. The summed E-state index contributed by atoms with van der Waals surface area (Å²) in [5, 5.41) is 8.94. The van der Waals surface area contributed by atoms with E-state index in [2.05, 4.69) is 35.8 Å². The van der Waals surface area contributed by atoms with Gasteiger partial charge in [0.15, 0.2) is 0 Å². The lowest BCUT2D eigenvalue weighted by atomic mass is 10.00. The summed E-state index contributed by atoms with van der Waals surface area (Å²) in [4.78, 5) is 0. The van der Waals surface area contributed by atoms with Crippen LogP contribution in [0.2, 0.25) is 0 Å². The topological polar surface area (TPSA) is 42.2 Å². The van der Waals surface area contributed by atoms with Crippen molar-refractivity contribution in [3.8, 4) is 11.8 Å². The first-order valence-electron chi connectivity index (χ1n) is 5.60. The van der Waals surface area contributed by atoms with E-state index in [1.807, 2.05) is 19.1 Å². The molecule has 0 radical (unpaired) electrons. The SMILES string of the molecule is CO/C=C(\C#N)Oc1cc(Br)c(C)cc1C(C)C. The molecule has 3 nitrogen and oxygen atoms in total. The van der Waals surface area contributed by atoms with Crippen LogP contribution >= 0.6 is 15.9 Å². The van der Waals surface area contributed by atoms with Gasteiger partial charge < -0.3 is 9.47 Å². The molecule has 0 N–H and O–H groups in total. The summed E-state index contributed by atoms with van der Waals surface area (Å²) in [6.07, 6.45) is 1.29. The second kappa shape index (κ2) is 6.46. The summed E-state index contributed by atoms with van der Waals surface area (Å²) >= 11 is 3.47. The number of aryl methyl sites for hydroxylation is 1. The minimum absolute atomic E-state index is 0.134. The van der Waals surface area contributed by atoms with Crippen molar-refractivity contribution in [1.29, 1.82) is 5.26 Å². The maximum absolute atomic E-state index is 8.94. The Hall–Kier alpha value is -1.47. The van der Waals surface area contributed by atoms with Crippen molar-refractivity contribution in [2.24, 2.45) is 0 Å². The molecule has 0 heterocycles. The second-order valence-corrected chi connectivity index (χ2v) is 5.08. The highest BCUT2D eigenvalue weighted by atomic mass is 79.9. The number of hydrogen-bond acceptors (Lipinski definition) is 3. The molecule has 0 saturated heterocycles. The van der Waals surface area contributed by atoms with E-state index in [4.69, 9.17) is 14.7 Å². The first-order chi connectivity index (χ1) is 8.49. The highest BCUT2D eigenvalue weighted by molar-refractivity contribution is 9.10. The fourth-order valence-corrected chi connectivity index (χ4v) is 1.85. The molecule has 4 heteroatoms. The van der Waals surface area contributed by atoms with Crippen LogP contribution in [0.25, 0.3) is 0 Å². The summed E-state index contributed by atoms with van der Waals surface area (Å²) in [5.41, 5.74) is 2.20. The Bertz CT molecular complexity index is 501. The molecule has 0 aliphatic heterocycles. The monoisotopic (exact) mass is 309 g/mol. The summed E-state index contributed by atoms with van der Waals surface area (Å²) in [7, 11) is 1.48. The highest BCUT2D eigenvalue weighted by Crippen LogP contribution is 2.33. The van der Waals surface area contributed by atoms with Crippen LogP contribution < -0.4 is 4.74 Å². The van der Waals surface area contributed by atoms with E-state index in [0.29, 0.717) is 11.7 Å². The van der Waals surface area contributed by atoms with E-state index >= 15 is 0 Å². The lowest BCUT2D eigenvalue weighted by molar-refractivity contribution is 0.310. The number of nitrogens with zero attached hydrogens (tertiary/aromatic N) is 1. The summed E-state index contributed by atoms with van der Waals surface area (Å²) < 4.78 is 11.3. The van der Waals surface area contributed by atoms with E-state index in [-0.39, 0.29) is 5.76 Å². The minimum atomic E-state index is 0.134. The van der Waals surface area contributed by atoms with Crippen LogP contribution in [0.1, 0.15) is 30.9 Å². The fourth-order valence-electron chi connectivity index (χ4n) is 1.52. The number of hydrogen-bond donors (Lipinski definition) is 0. The molecule has 0 atom stereocenters. The van der Waals surface area contributed by atoms with Gasteiger partial charge in [-0.15, -0.1) is 0 Å². The van der Waals surface area contributed by atoms with Crippen molar-refractivity contribution in [2.75, 3.05) is 7.11 Å². The summed E-state index contributed by atoms with van der Waals surface area (Å²) in [6, 6.07) is 5.89. The molecule has 0 aliphatic rings. The van der Waals surface area contributed by atoms with Gasteiger partial charge in [0.2, 0.25) is 5.76 Å². The molecule has 1 aromatic rings. The van der Waals surface area contributed by atoms with Gasteiger partial charge in [0.1, 0.15) is 18.1 Å². The maximum atomic E-state index is 8.94. The van der Waals surface area contributed by atoms with Gasteiger partial charge in [-0.1, -0.05) is 35.8 Å². The number of benzene rings is 1. The van der Waals surface area contributed by atoms with E-state index in [0.717, 1.165) is 15.6 Å². The van der Waals surface area contributed by atoms with Gasteiger partial charge in [0, 0.05) is 4.47 Å². The molecular weight excluding hydrogens is 294 g/mol. The van der Waals surface area contributed by atoms with Crippen molar-refractivity contribution in [2.45, 2.75) is 26.7 Å². The molecule has 0 aromatic heterocycles. The average molecular weight is 310 g/mol. The zero-order valence-electron chi connectivity index (χ0n) is 11.0. The zero-order valence-corrected chi connectivity index (χ0v) is 12.5. The quantitative estimate of drug-likeness (QED) is 0.616. The van der Waals surface area contributed by atoms with Gasteiger partial charge in [0.05, 0.1) is 7.11 Å². The van der Waals surface area contributed by atoms with E-state index < -0.39 is 0 Å². The first-order valence-corrected chi connectivity index (χ1v) is 6.39. The molecule has 0 aliphatic carbocycles. The van der Waals surface area contributed by atoms with E-state index in [1.54, 1.807) is 0 Å². The molecule has 0 saturated carbocycles. The third-order valence-electron chi connectivity index (χ3n) is 2.47. The van der Waals surface area contributed by atoms with Gasteiger partial charge >= 0.3 is 0 Å². The largest absolute Gasteiger partial charge is 0.500 e. The Morgan fingerprint density at radius 3 is 2.61 bits per heavy atom. The Morgan fingerprint density at radius 2 is 2.11 bits per heavy atom. The van der Waals surface area contributed by atoms with Crippen LogP contribution in [0.5, 0.6) is 5.75 Å². The number of methoxy groups -OCH3 is 1. The molecule has 18 heavy (non-hydrogen) atoms. The second-order valence-electron chi connectivity index (χ2n) is 4.23. The predicted molar refractivity (Wildman–Crippen MR) is 74.3 cm³/mol. The van der Waals surface area contributed by atoms with Gasteiger partial charge in [-0.2, -0.15) is 5.26 Å².